The first-order valence-electron chi connectivity index (χ1n) is 10.1. The van der Waals surface area contributed by atoms with E-state index >= 15 is 0 Å². The van der Waals surface area contributed by atoms with Crippen LogP contribution in [0.2, 0.25) is 0 Å². The standard InChI is InChI=1S/C24H9Br3F4O7S/c25-9-7-13(26)16(14(27)8-9)24(33)37-15-6-5-12(10-3-1-2-4-11(10)15)23(32)38-21-17(28)19(30)22(39(34,35)36)20(31)18(21)29/h1-8H,(H,34,35,36)/p-1. The zero-order chi connectivity index (χ0) is 28.8. The van der Waals surface area contributed by atoms with Gasteiger partial charge in [0.05, 0.1) is 11.1 Å². The Morgan fingerprint density at radius 3 is 1.82 bits per heavy atom. The second-order valence-electron chi connectivity index (χ2n) is 7.55. The highest BCUT2D eigenvalue weighted by Gasteiger charge is 2.32. The maximum absolute atomic E-state index is 14.4. The highest BCUT2D eigenvalue weighted by atomic mass is 79.9. The molecule has 0 spiro atoms. The molecule has 0 aliphatic carbocycles. The van der Waals surface area contributed by atoms with Crippen molar-refractivity contribution in [2.75, 3.05) is 0 Å². The largest absolute Gasteiger partial charge is 0.744 e. The molecular weight excluding hydrogens is 748 g/mol. The maximum Gasteiger partial charge on any atom is 0.345 e. The lowest BCUT2D eigenvalue weighted by Gasteiger charge is -2.15. The van der Waals surface area contributed by atoms with Gasteiger partial charge in [-0.15, -0.1) is 0 Å². The summed E-state index contributed by atoms with van der Waals surface area (Å²) in [6.45, 7) is 0. The average molecular weight is 756 g/mol. The number of hydrogen-bond donors (Lipinski definition) is 0. The van der Waals surface area contributed by atoms with E-state index in [1.165, 1.54) is 30.3 Å². The van der Waals surface area contributed by atoms with Gasteiger partial charge >= 0.3 is 11.9 Å². The molecule has 0 atom stereocenters. The number of carbonyl (C=O) groups excluding carboxylic acids is 2. The molecule has 0 amide bonds. The fraction of sp³-hybridized carbons (Fsp3) is 0. The smallest absolute Gasteiger partial charge is 0.345 e. The molecule has 202 valence electrons. The van der Waals surface area contributed by atoms with Crippen LogP contribution >= 0.6 is 47.8 Å². The lowest BCUT2D eigenvalue weighted by Crippen LogP contribution is -2.16. The summed E-state index contributed by atoms with van der Waals surface area (Å²) in [5.74, 6) is -14.1. The first-order valence-corrected chi connectivity index (χ1v) is 13.9. The van der Waals surface area contributed by atoms with Gasteiger partial charge < -0.3 is 14.0 Å². The van der Waals surface area contributed by atoms with Gasteiger partial charge in [-0.25, -0.2) is 26.8 Å². The summed E-state index contributed by atoms with van der Waals surface area (Å²) in [5.41, 5.74) is -0.221. The van der Waals surface area contributed by atoms with Gasteiger partial charge in [-0.1, -0.05) is 40.2 Å². The second kappa shape index (κ2) is 11.0. The zero-order valence-corrected chi connectivity index (χ0v) is 24.1. The van der Waals surface area contributed by atoms with Gasteiger partial charge in [0.15, 0.2) is 11.6 Å². The van der Waals surface area contributed by atoms with E-state index in [9.17, 15) is 40.1 Å². The molecule has 0 unspecified atom stereocenters. The molecule has 4 rings (SSSR count). The van der Waals surface area contributed by atoms with E-state index in [1.807, 2.05) is 0 Å². The Morgan fingerprint density at radius 2 is 1.28 bits per heavy atom. The number of carbonyl (C=O) groups is 2. The second-order valence-corrected chi connectivity index (χ2v) is 11.5. The third kappa shape index (κ3) is 5.59. The lowest BCUT2D eigenvalue weighted by molar-refractivity contribution is 0.0717. The van der Waals surface area contributed by atoms with Crippen molar-refractivity contribution in [2.45, 2.75) is 4.90 Å². The van der Waals surface area contributed by atoms with Crippen LogP contribution in [0.3, 0.4) is 0 Å². The van der Waals surface area contributed by atoms with Crippen LogP contribution in [0.15, 0.2) is 66.8 Å². The normalized spacial score (nSPS) is 11.5. The van der Waals surface area contributed by atoms with E-state index in [4.69, 9.17) is 4.74 Å². The Balaban J connectivity index is 1.74. The molecule has 0 saturated carbocycles. The Bertz CT molecular complexity index is 1760. The third-order valence-corrected chi connectivity index (χ3v) is 7.71. The van der Waals surface area contributed by atoms with Crippen molar-refractivity contribution in [3.05, 3.63) is 96.3 Å². The Morgan fingerprint density at radius 1 is 0.744 bits per heavy atom. The zero-order valence-electron chi connectivity index (χ0n) is 18.5. The first-order chi connectivity index (χ1) is 18.2. The van der Waals surface area contributed by atoms with E-state index in [2.05, 4.69) is 52.5 Å². The van der Waals surface area contributed by atoms with Crippen LogP contribution in [0.1, 0.15) is 20.7 Å². The van der Waals surface area contributed by atoms with E-state index in [-0.39, 0.29) is 27.6 Å². The van der Waals surface area contributed by atoms with Crippen molar-refractivity contribution >= 4 is 80.6 Å². The van der Waals surface area contributed by atoms with Gasteiger partial charge in [0.2, 0.25) is 17.4 Å². The number of halogens is 7. The minimum atomic E-state index is -5.95. The Hall–Kier alpha value is -2.85. The van der Waals surface area contributed by atoms with Crippen LogP contribution in [0.25, 0.3) is 10.8 Å². The van der Waals surface area contributed by atoms with Gasteiger partial charge in [-0.05, 0) is 61.5 Å². The number of esters is 2. The molecule has 0 aliphatic heterocycles. The minimum absolute atomic E-state index is 0.0201. The minimum Gasteiger partial charge on any atom is -0.744 e. The molecule has 39 heavy (non-hydrogen) atoms. The molecular formula is C24H8Br3F4O7S-. The third-order valence-electron chi connectivity index (χ3n) is 5.15. The molecule has 15 heteroatoms. The first kappa shape index (κ1) is 29.1. The summed E-state index contributed by atoms with van der Waals surface area (Å²) >= 11 is 9.83. The van der Waals surface area contributed by atoms with E-state index < -0.39 is 56.0 Å². The van der Waals surface area contributed by atoms with Gasteiger partial charge in [0.1, 0.15) is 20.8 Å². The molecule has 7 nitrogen and oxygen atoms in total. The van der Waals surface area contributed by atoms with Crippen molar-refractivity contribution in [2.24, 2.45) is 0 Å². The van der Waals surface area contributed by atoms with Gasteiger partial charge in [-0.2, -0.15) is 8.78 Å². The molecule has 0 heterocycles. The molecule has 0 radical (unpaired) electrons. The van der Waals surface area contributed by atoms with Crippen LogP contribution in [0.5, 0.6) is 11.5 Å². The highest BCUT2D eigenvalue weighted by Crippen LogP contribution is 2.36. The summed E-state index contributed by atoms with van der Waals surface area (Å²) in [4.78, 5) is 23.3. The molecule has 0 aromatic heterocycles. The summed E-state index contributed by atoms with van der Waals surface area (Å²) in [5, 5.41) is 0.234. The monoisotopic (exact) mass is 753 g/mol. The Kier molecular flexibility index (Phi) is 8.19. The van der Waals surface area contributed by atoms with Crippen LogP contribution in [-0.2, 0) is 10.1 Å². The summed E-state index contributed by atoms with van der Waals surface area (Å²) in [7, 11) is -5.95. The van der Waals surface area contributed by atoms with E-state index in [1.54, 1.807) is 12.1 Å². The molecule has 4 aromatic carbocycles. The molecule has 0 N–H and O–H groups in total. The number of fused-ring (bicyclic) bond motifs is 1. The van der Waals surface area contributed by atoms with Gasteiger partial charge in [-0.3, -0.25) is 0 Å². The SMILES string of the molecule is O=C(Oc1ccc(C(=O)Oc2c(F)c(F)c(S(=O)(=O)[O-])c(F)c2F)c2ccccc12)c1c(Br)cc(Br)cc1Br. The summed E-state index contributed by atoms with van der Waals surface area (Å²) in [6.07, 6.45) is 0. The van der Waals surface area contributed by atoms with Crippen LogP contribution in [-0.4, -0.2) is 24.9 Å². The predicted octanol–water partition coefficient (Wildman–Crippen LogP) is 7.03. The number of hydrogen-bond acceptors (Lipinski definition) is 7. The predicted molar refractivity (Wildman–Crippen MR) is 138 cm³/mol. The number of benzene rings is 4. The van der Waals surface area contributed by atoms with Crippen molar-refractivity contribution in [3.63, 3.8) is 0 Å². The highest BCUT2D eigenvalue weighted by molar-refractivity contribution is 9.11. The van der Waals surface area contributed by atoms with E-state index in [0.717, 1.165) is 6.07 Å². The van der Waals surface area contributed by atoms with Crippen molar-refractivity contribution in [1.29, 1.82) is 0 Å². The molecule has 4 aromatic rings. The maximum atomic E-state index is 14.4. The Labute approximate surface area is 241 Å². The summed E-state index contributed by atoms with van der Waals surface area (Å²) in [6, 6.07) is 11.3. The molecule has 0 bridgehead atoms. The molecule has 0 fully saturated rings. The van der Waals surface area contributed by atoms with Crippen molar-refractivity contribution < 1.29 is 49.6 Å². The quantitative estimate of drug-likeness (QED) is 0.0708. The van der Waals surface area contributed by atoms with Crippen molar-refractivity contribution in [1.82, 2.24) is 0 Å². The van der Waals surface area contributed by atoms with Crippen LogP contribution < -0.4 is 9.47 Å². The number of ether oxygens (including phenoxy) is 2. The van der Waals surface area contributed by atoms with Crippen LogP contribution in [0, 0.1) is 23.3 Å². The van der Waals surface area contributed by atoms with Gasteiger partial charge in [0.25, 0.3) is 0 Å². The molecule has 0 saturated heterocycles. The van der Waals surface area contributed by atoms with Gasteiger partial charge in [0, 0.05) is 18.8 Å². The lowest BCUT2D eigenvalue weighted by atomic mass is 10.0. The fourth-order valence-electron chi connectivity index (χ4n) is 3.47. The van der Waals surface area contributed by atoms with E-state index in [0.29, 0.717) is 13.4 Å². The van der Waals surface area contributed by atoms with Crippen molar-refractivity contribution in [3.8, 4) is 11.5 Å². The average Bonchev–Trinajstić information content (AvgIpc) is 2.84. The molecule has 0 aliphatic rings. The summed E-state index contributed by atoms with van der Waals surface area (Å²) < 4.78 is 101. The topological polar surface area (TPSA) is 110 Å². The fourth-order valence-corrected chi connectivity index (χ4v) is 6.68. The number of rotatable bonds is 5. The van der Waals surface area contributed by atoms with Crippen LogP contribution in [0.4, 0.5) is 17.6 Å².